The molecule has 1 rings (SSSR count). The van der Waals surface area contributed by atoms with E-state index in [2.05, 4.69) is 52.0 Å². The smallest absolute Gasteiger partial charge is 0.0135 e. The lowest BCUT2D eigenvalue weighted by Crippen LogP contribution is -2.07. The first kappa shape index (κ1) is 16.6. The highest BCUT2D eigenvalue weighted by Gasteiger charge is 2.05. The van der Waals surface area contributed by atoms with E-state index in [-0.39, 0.29) is 0 Å². The third kappa shape index (κ3) is 6.65. The Morgan fingerprint density at radius 3 is 1.30 bits per heavy atom. The number of hydrogen-bond donors (Lipinski definition) is 2. The number of benzene rings is 1. The highest BCUT2D eigenvalue weighted by atomic mass is 14.4. The van der Waals surface area contributed by atoms with Gasteiger partial charge in [0.1, 0.15) is 0 Å². The maximum absolute atomic E-state index is 7.97. The Labute approximate surface area is 123 Å². The van der Waals surface area contributed by atoms with Crippen LogP contribution in [0.4, 0.5) is 0 Å². The van der Waals surface area contributed by atoms with Crippen LogP contribution in [0.5, 0.6) is 0 Å². The molecule has 2 heteroatoms. The SMILES string of the molecule is CC(C)CC(=N)Cc1ccc(CC(=N)CC(C)C)cc1. The molecule has 0 saturated carbocycles. The fourth-order valence-corrected chi connectivity index (χ4v) is 2.40. The zero-order valence-electron chi connectivity index (χ0n) is 13.3. The molecule has 0 aliphatic heterocycles. The van der Waals surface area contributed by atoms with Crippen LogP contribution in [-0.4, -0.2) is 11.4 Å². The summed E-state index contributed by atoms with van der Waals surface area (Å²) in [6.07, 6.45) is 3.26. The van der Waals surface area contributed by atoms with Crippen molar-refractivity contribution < 1.29 is 0 Å². The van der Waals surface area contributed by atoms with Crippen molar-refractivity contribution in [1.29, 1.82) is 10.8 Å². The van der Waals surface area contributed by atoms with Crippen molar-refractivity contribution in [2.75, 3.05) is 0 Å². The molecule has 0 amide bonds. The molecule has 0 aliphatic rings. The molecule has 20 heavy (non-hydrogen) atoms. The monoisotopic (exact) mass is 272 g/mol. The topological polar surface area (TPSA) is 47.7 Å². The summed E-state index contributed by atoms with van der Waals surface area (Å²) in [4.78, 5) is 0. The van der Waals surface area contributed by atoms with Gasteiger partial charge in [-0.15, -0.1) is 0 Å². The van der Waals surface area contributed by atoms with Crippen LogP contribution in [0.25, 0.3) is 0 Å². The summed E-state index contributed by atoms with van der Waals surface area (Å²) in [6, 6.07) is 8.42. The largest absolute Gasteiger partial charge is 0.309 e. The van der Waals surface area contributed by atoms with E-state index in [4.69, 9.17) is 10.8 Å². The maximum atomic E-state index is 7.97. The van der Waals surface area contributed by atoms with Crippen LogP contribution in [0.15, 0.2) is 24.3 Å². The van der Waals surface area contributed by atoms with Gasteiger partial charge in [0.2, 0.25) is 0 Å². The van der Waals surface area contributed by atoms with E-state index in [1.165, 1.54) is 11.1 Å². The van der Waals surface area contributed by atoms with Crippen molar-refractivity contribution in [3.8, 4) is 0 Å². The Morgan fingerprint density at radius 1 is 0.750 bits per heavy atom. The fraction of sp³-hybridized carbons (Fsp3) is 0.556. The van der Waals surface area contributed by atoms with Crippen LogP contribution < -0.4 is 0 Å². The van der Waals surface area contributed by atoms with Crippen LogP contribution >= 0.6 is 0 Å². The summed E-state index contributed by atoms with van der Waals surface area (Å²) in [7, 11) is 0. The normalized spacial score (nSPS) is 11.1. The van der Waals surface area contributed by atoms with Gasteiger partial charge in [-0.05, 0) is 35.8 Å². The third-order valence-corrected chi connectivity index (χ3v) is 3.17. The molecule has 0 bridgehead atoms. The first-order valence-corrected chi connectivity index (χ1v) is 7.57. The van der Waals surface area contributed by atoms with Gasteiger partial charge in [-0.25, -0.2) is 0 Å². The highest BCUT2D eigenvalue weighted by molar-refractivity contribution is 5.84. The fourth-order valence-electron chi connectivity index (χ4n) is 2.40. The average molecular weight is 272 g/mol. The van der Waals surface area contributed by atoms with Crippen LogP contribution in [0.1, 0.15) is 51.7 Å². The molecule has 0 aliphatic carbocycles. The number of nitrogens with one attached hydrogen (secondary N) is 2. The first-order chi connectivity index (χ1) is 9.36. The molecule has 2 nitrogen and oxygen atoms in total. The molecule has 0 fully saturated rings. The summed E-state index contributed by atoms with van der Waals surface area (Å²) in [5, 5.41) is 15.9. The maximum Gasteiger partial charge on any atom is 0.0135 e. The van der Waals surface area contributed by atoms with Crippen molar-refractivity contribution in [1.82, 2.24) is 0 Å². The molecule has 0 saturated heterocycles. The van der Waals surface area contributed by atoms with Gasteiger partial charge in [-0.3, -0.25) is 0 Å². The van der Waals surface area contributed by atoms with Gasteiger partial charge < -0.3 is 10.8 Å². The van der Waals surface area contributed by atoms with Gasteiger partial charge in [-0.1, -0.05) is 52.0 Å². The van der Waals surface area contributed by atoms with Crippen molar-refractivity contribution in [3.63, 3.8) is 0 Å². The average Bonchev–Trinajstić information content (AvgIpc) is 2.29. The van der Waals surface area contributed by atoms with Crippen LogP contribution in [0.3, 0.4) is 0 Å². The summed E-state index contributed by atoms with van der Waals surface area (Å²) in [5.74, 6) is 1.11. The predicted octanol–water partition coefficient (Wildman–Crippen LogP) is 4.90. The lowest BCUT2D eigenvalue weighted by Gasteiger charge is -2.09. The molecule has 0 radical (unpaired) electrons. The molecule has 1 aromatic rings. The van der Waals surface area contributed by atoms with Gasteiger partial charge in [0.25, 0.3) is 0 Å². The molecule has 2 N–H and O–H groups in total. The lowest BCUT2D eigenvalue weighted by atomic mass is 9.97. The van der Waals surface area contributed by atoms with Gasteiger partial charge >= 0.3 is 0 Å². The van der Waals surface area contributed by atoms with Gasteiger partial charge in [0, 0.05) is 24.3 Å². The first-order valence-electron chi connectivity index (χ1n) is 7.57. The Kier molecular flexibility index (Phi) is 6.63. The summed E-state index contributed by atoms with van der Waals surface area (Å²) >= 11 is 0. The quantitative estimate of drug-likeness (QED) is 0.632. The Hall–Kier alpha value is -1.44. The molecular weight excluding hydrogens is 244 g/mol. The Bertz CT molecular complexity index is 398. The molecule has 0 spiro atoms. The van der Waals surface area contributed by atoms with Crippen LogP contribution in [-0.2, 0) is 12.8 Å². The number of hydrogen-bond acceptors (Lipinski definition) is 2. The summed E-state index contributed by atoms with van der Waals surface area (Å²) in [5.41, 5.74) is 4.02. The van der Waals surface area contributed by atoms with Crippen molar-refractivity contribution in [2.45, 2.75) is 53.4 Å². The lowest BCUT2D eigenvalue weighted by molar-refractivity contribution is 0.676. The molecule has 110 valence electrons. The van der Waals surface area contributed by atoms with Crippen molar-refractivity contribution in [2.24, 2.45) is 11.8 Å². The van der Waals surface area contributed by atoms with Crippen molar-refractivity contribution in [3.05, 3.63) is 35.4 Å². The minimum atomic E-state index is 0.554. The van der Waals surface area contributed by atoms with E-state index in [9.17, 15) is 0 Å². The standard InChI is InChI=1S/C18H28N2/c1-13(2)9-17(19)11-15-5-7-16(8-6-15)12-18(20)10-14(3)4/h5-8,13-14,19-20H,9-12H2,1-4H3. The summed E-state index contributed by atoms with van der Waals surface area (Å²) in [6.45, 7) is 8.60. The zero-order valence-corrected chi connectivity index (χ0v) is 13.3. The van der Waals surface area contributed by atoms with E-state index in [0.717, 1.165) is 37.1 Å². The van der Waals surface area contributed by atoms with E-state index < -0.39 is 0 Å². The van der Waals surface area contributed by atoms with E-state index in [0.29, 0.717) is 11.8 Å². The molecule has 0 unspecified atom stereocenters. The predicted molar refractivity (Wildman–Crippen MR) is 88.2 cm³/mol. The number of rotatable bonds is 8. The molecule has 0 atom stereocenters. The van der Waals surface area contributed by atoms with E-state index in [1.54, 1.807) is 0 Å². The van der Waals surface area contributed by atoms with Gasteiger partial charge in [0.05, 0.1) is 0 Å². The summed E-state index contributed by atoms with van der Waals surface area (Å²) < 4.78 is 0. The van der Waals surface area contributed by atoms with E-state index >= 15 is 0 Å². The van der Waals surface area contributed by atoms with Gasteiger partial charge in [-0.2, -0.15) is 0 Å². The van der Waals surface area contributed by atoms with Crippen molar-refractivity contribution >= 4 is 11.4 Å². The second-order valence-corrected chi connectivity index (χ2v) is 6.57. The highest BCUT2D eigenvalue weighted by Crippen LogP contribution is 2.11. The second-order valence-electron chi connectivity index (χ2n) is 6.57. The van der Waals surface area contributed by atoms with Crippen LogP contribution in [0.2, 0.25) is 0 Å². The molecule has 1 aromatic carbocycles. The van der Waals surface area contributed by atoms with E-state index in [1.807, 2.05) is 0 Å². The molecular formula is C18H28N2. The second kappa shape index (κ2) is 7.98. The zero-order chi connectivity index (χ0) is 15.1. The third-order valence-electron chi connectivity index (χ3n) is 3.17. The Balaban J connectivity index is 2.52. The van der Waals surface area contributed by atoms with Crippen LogP contribution in [0, 0.1) is 22.7 Å². The van der Waals surface area contributed by atoms with Gasteiger partial charge in [0.15, 0.2) is 0 Å². The Morgan fingerprint density at radius 2 is 1.05 bits per heavy atom. The molecule has 0 aromatic heterocycles. The minimum absolute atomic E-state index is 0.554. The molecule has 0 heterocycles. The minimum Gasteiger partial charge on any atom is -0.309 e.